The van der Waals surface area contributed by atoms with Gasteiger partial charge >= 0.3 is 5.97 Å². The number of hydrogen-bond donors (Lipinski definition) is 2. The Bertz CT molecular complexity index is 1660. The number of aliphatic carboxylic acids is 1. The molecule has 6 nitrogen and oxygen atoms in total. The van der Waals surface area contributed by atoms with E-state index in [9.17, 15) is 9.90 Å². The molecule has 2 aliphatic heterocycles. The van der Waals surface area contributed by atoms with Crippen LogP contribution in [0.4, 0.5) is 17.1 Å². The Kier molecular flexibility index (Phi) is 8.37. The van der Waals surface area contributed by atoms with Crippen LogP contribution < -0.4 is 14.4 Å². The van der Waals surface area contributed by atoms with E-state index in [1.807, 2.05) is 18.2 Å². The van der Waals surface area contributed by atoms with Gasteiger partial charge in [0.15, 0.2) is 0 Å². The fraction of sp³-hybridized carbons (Fsp3) is 0.306. The maximum atomic E-state index is 12.1. The molecule has 0 unspecified atom stereocenters. The zero-order valence-corrected chi connectivity index (χ0v) is 26.0. The van der Waals surface area contributed by atoms with Gasteiger partial charge in [-0.1, -0.05) is 60.0 Å². The monoisotopic (exact) mass is 594 g/mol. The van der Waals surface area contributed by atoms with Crippen LogP contribution >= 0.6 is 11.9 Å². The normalized spacial score (nSPS) is 14.7. The molecule has 0 saturated carbocycles. The zero-order chi connectivity index (χ0) is 30.1. The Balaban J connectivity index is 1.43. The van der Waals surface area contributed by atoms with Gasteiger partial charge in [0, 0.05) is 30.3 Å². The molecule has 0 bridgehead atoms. The predicted octanol–water partition coefficient (Wildman–Crippen LogP) is 8.47. The second-order valence-corrected chi connectivity index (χ2v) is 12.2. The van der Waals surface area contributed by atoms with Gasteiger partial charge in [-0.05, 0) is 84.0 Å². The van der Waals surface area contributed by atoms with Crippen LogP contribution in [0.1, 0.15) is 40.7 Å². The molecule has 4 aromatic rings. The third kappa shape index (κ3) is 5.84. The average molecular weight is 595 g/mol. The van der Waals surface area contributed by atoms with E-state index < -0.39 is 5.97 Å². The third-order valence-electron chi connectivity index (χ3n) is 8.55. The summed E-state index contributed by atoms with van der Waals surface area (Å²) < 4.78 is 14.2. The quantitative estimate of drug-likeness (QED) is 0.198. The molecule has 43 heavy (non-hydrogen) atoms. The summed E-state index contributed by atoms with van der Waals surface area (Å²) in [5.41, 5.74) is 12.9. The fourth-order valence-electron chi connectivity index (χ4n) is 6.41. The number of ether oxygens (including phenoxy) is 2. The highest BCUT2D eigenvalue weighted by atomic mass is 32.2. The number of nitrogens with one attached hydrogen (secondary N) is 1. The van der Waals surface area contributed by atoms with Crippen molar-refractivity contribution in [1.29, 1.82) is 0 Å². The van der Waals surface area contributed by atoms with E-state index in [1.54, 1.807) is 11.9 Å². The number of benzene rings is 4. The highest BCUT2D eigenvalue weighted by Crippen LogP contribution is 2.50. The summed E-state index contributed by atoms with van der Waals surface area (Å²) in [7, 11) is 0. The van der Waals surface area contributed by atoms with Gasteiger partial charge in [-0.15, -0.1) is 0 Å². The largest absolute Gasteiger partial charge is 0.488 e. The smallest absolute Gasteiger partial charge is 0.307 e. The summed E-state index contributed by atoms with van der Waals surface area (Å²) in [5.74, 6) is 0.0305. The lowest BCUT2D eigenvalue weighted by Gasteiger charge is -2.36. The molecule has 4 aromatic carbocycles. The lowest BCUT2D eigenvalue weighted by Crippen LogP contribution is -2.26. The van der Waals surface area contributed by atoms with Crippen LogP contribution in [0.2, 0.25) is 0 Å². The van der Waals surface area contributed by atoms with Crippen molar-refractivity contribution in [3.05, 3.63) is 94.5 Å². The second-order valence-electron chi connectivity index (χ2n) is 11.4. The van der Waals surface area contributed by atoms with E-state index >= 15 is 0 Å². The maximum absolute atomic E-state index is 12.1. The molecule has 222 valence electrons. The molecule has 0 atom stereocenters. The summed E-state index contributed by atoms with van der Waals surface area (Å²) in [6.07, 6.45) is 4.02. The molecule has 0 aromatic heterocycles. The summed E-state index contributed by atoms with van der Waals surface area (Å²) >= 11 is 1.67. The Hall–Kier alpha value is -3.94. The first kappa shape index (κ1) is 29.1. The molecule has 0 amide bonds. The van der Waals surface area contributed by atoms with Crippen LogP contribution in [-0.4, -0.2) is 36.6 Å². The van der Waals surface area contributed by atoms with Crippen LogP contribution in [0.5, 0.6) is 5.75 Å². The van der Waals surface area contributed by atoms with Gasteiger partial charge in [-0.2, -0.15) is 0 Å². The lowest BCUT2D eigenvalue weighted by molar-refractivity contribution is -0.136. The molecule has 1 fully saturated rings. The van der Waals surface area contributed by atoms with Crippen LogP contribution in [0.25, 0.3) is 22.3 Å². The summed E-state index contributed by atoms with van der Waals surface area (Å²) in [5, 5.41) is 13.5. The van der Waals surface area contributed by atoms with Crippen molar-refractivity contribution < 1.29 is 19.4 Å². The maximum Gasteiger partial charge on any atom is 0.307 e. The Morgan fingerprint density at radius 1 is 1.00 bits per heavy atom. The molecule has 0 spiro atoms. The molecular weight excluding hydrogens is 556 g/mol. The summed E-state index contributed by atoms with van der Waals surface area (Å²) in [6.45, 7) is 8.48. The van der Waals surface area contributed by atoms with Crippen molar-refractivity contribution in [2.24, 2.45) is 0 Å². The number of anilines is 3. The van der Waals surface area contributed by atoms with E-state index in [1.165, 1.54) is 22.3 Å². The van der Waals surface area contributed by atoms with Gasteiger partial charge in [0.05, 0.1) is 37.6 Å². The van der Waals surface area contributed by atoms with Gasteiger partial charge in [-0.3, -0.25) is 4.79 Å². The molecule has 0 radical (unpaired) electrons. The minimum Gasteiger partial charge on any atom is -0.488 e. The minimum absolute atomic E-state index is 0.0174. The van der Waals surface area contributed by atoms with E-state index in [2.05, 4.69) is 85.2 Å². The van der Waals surface area contributed by atoms with Crippen molar-refractivity contribution in [3.8, 4) is 28.0 Å². The first-order valence-electron chi connectivity index (χ1n) is 14.8. The number of fused-ring (bicyclic) bond motifs is 3. The number of hydrogen-bond acceptors (Lipinski definition) is 6. The van der Waals surface area contributed by atoms with E-state index in [-0.39, 0.29) is 12.5 Å². The Morgan fingerprint density at radius 2 is 1.74 bits per heavy atom. The van der Waals surface area contributed by atoms with Gasteiger partial charge < -0.3 is 24.2 Å². The molecular formula is C36H38N2O4S. The van der Waals surface area contributed by atoms with Crippen molar-refractivity contribution in [3.63, 3.8) is 0 Å². The molecule has 7 heteroatoms. The van der Waals surface area contributed by atoms with Crippen LogP contribution in [0.3, 0.4) is 0 Å². The summed E-state index contributed by atoms with van der Waals surface area (Å²) in [4.78, 5) is 12.1. The predicted molar refractivity (Wildman–Crippen MR) is 177 cm³/mol. The number of carboxylic acid groups (broad SMARTS) is 1. The zero-order valence-electron chi connectivity index (χ0n) is 25.2. The molecule has 1 saturated heterocycles. The van der Waals surface area contributed by atoms with Crippen molar-refractivity contribution in [2.75, 3.05) is 29.1 Å². The summed E-state index contributed by atoms with van der Waals surface area (Å²) in [6, 6.07) is 23.1. The molecule has 6 rings (SSSR count). The SMILES string of the molecule is CSN1Cc2cc(Nc3ccccc3OC3CCOCC3)ccc2-c2c(C)c(-c3ccc(C)cc3)c(CC(=O)O)c(C)c21. The lowest BCUT2D eigenvalue weighted by atomic mass is 9.81. The Morgan fingerprint density at radius 3 is 2.47 bits per heavy atom. The van der Waals surface area contributed by atoms with Gasteiger partial charge in [0.2, 0.25) is 0 Å². The average Bonchev–Trinajstić information content (AvgIpc) is 3.01. The molecule has 2 aliphatic rings. The fourth-order valence-corrected chi connectivity index (χ4v) is 7.09. The molecule has 0 aliphatic carbocycles. The number of carbonyl (C=O) groups is 1. The van der Waals surface area contributed by atoms with E-state index in [0.29, 0.717) is 0 Å². The number of para-hydroxylation sites is 2. The van der Waals surface area contributed by atoms with E-state index in [4.69, 9.17) is 9.47 Å². The number of aryl methyl sites for hydroxylation is 1. The Labute approximate surface area is 258 Å². The van der Waals surface area contributed by atoms with Crippen molar-refractivity contribution >= 4 is 35.0 Å². The third-order valence-corrected chi connectivity index (χ3v) is 9.30. The minimum atomic E-state index is -0.820. The number of nitrogens with zero attached hydrogens (tertiary/aromatic N) is 1. The van der Waals surface area contributed by atoms with Crippen LogP contribution in [0.15, 0.2) is 66.7 Å². The number of rotatable bonds is 8. The molecule has 2 heterocycles. The van der Waals surface area contributed by atoms with Crippen molar-refractivity contribution in [2.45, 2.75) is 52.7 Å². The van der Waals surface area contributed by atoms with Crippen molar-refractivity contribution in [1.82, 2.24) is 0 Å². The van der Waals surface area contributed by atoms with Crippen LogP contribution in [-0.2, 0) is 22.5 Å². The van der Waals surface area contributed by atoms with Gasteiger partial charge in [-0.25, -0.2) is 0 Å². The number of carboxylic acids is 1. The highest BCUT2D eigenvalue weighted by Gasteiger charge is 2.30. The van der Waals surface area contributed by atoms with Crippen LogP contribution in [0, 0.1) is 20.8 Å². The molecule has 2 N–H and O–H groups in total. The topological polar surface area (TPSA) is 71.0 Å². The highest BCUT2D eigenvalue weighted by molar-refractivity contribution is 7.99. The van der Waals surface area contributed by atoms with Gasteiger partial charge in [0.25, 0.3) is 0 Å². The standard InChI is InChI=1S/C36H38N2O4S/c1-22-9-11-25(12-10-22)34-24(3)35-29-14-13-27(37-31-7-5-6-8-32(31)42-28-15-17-41-18-16-28)19-26(29)21-38(43-4)36(35)23(2)30(34)20-33(39)40/h5-14,19,28,37H,15-18,20-21H2,1-4H3,(H,39,40). The second kappa shape index (κ2) is 12.3. The first-order valence-corrected chi connectivity index (χ1v) is 16.0. The van der Waals surface area contributed by atoms with Gasteiger partial charge in [0.1, 0.15) is 11.9 Å². The first-order chi connectivity index (χ1) is 20.8. The van der Waals surface area contributed by atoms with E-state index in [0.717, 1.165) is 83.2 Å².